The van der Waals surface area contributed by atoms with Crippen LogP contribution in [0.5, 0.6) is 0 Å². The Hall–Kier alpha value is -4.48. The molecule has 0 aliphatic heterocycles. The van der Waals surface area contributed by atoms with Crippen molar-refractivity contribution in [2.24, 2.45) is 5.73 Å². The van der Waals surface area contributed by atoms with Gasteiger partial charge in [-0.1, -0.05) is 48.5 Å². The number of hydrogen-bond donors (Lipinski definition) is 5. The van der Waals surface area contributed by atoms with E-state index in [2.05, 4.69) is 16.7 Å². The first-order chi connectivity index (χ1) is 15.9. The Morgan fingerprint density at radius 3 is 2.45 bits per heavy atom. The molecule has 0 saturated heterocycles. The number of rotatable bonds is 9. The molecule has 0 saturated carbocycles. The van der Waals surface area contributed by atoms with Gasteiger partial charge in [-0.3, -0.25) is 20.3 Å². The van der Waals surface area contributed by atoms with E-state index in [9.17, 15) is 14.9 Å². The standard InChI is InChI=1S/C25H23N5O3/c26-14-19-5-1-2-7-21(19)17-8-10-20(11-9-17)30-25(33)22(29-15-23(31)32)13-16-4-3-6-18(12-16)24(27)28/h1-12,22,29H,13,15H2,(H3,27,28)(H,30,33)(H,31,32)/t22-/m0/s1. The molecule has 8 nitrogen and oxygen atoms in total. The van der Waals surface area contributed by atoms with Gasteiger partial charge in [-0.15, -0.1) is 0 Å². The fraction of sp³-hybridized carbons (Fsp3) is 0.120. The first-order valence-electron chi connectivity index (χ1n) is 10.2. The summed E-state index contributed by atoms with van der Waals surface area (Å²) in [6.45, 7) is -0.381. The number of nitrogen functional groups attached to an aromatic ring is 1. The minimum atomic E-state index is -1.08. The van der Waals surface area contributed by atoms with Gasteiger partial charge in [0, 0.05) is 11.3 Å². The highest BCUT2D eigenvalue weighted by Gasteiger charge is 2.20. The number of nitriles is 1. The van der Waals surface area contributed by atoms with Crippen LogP contribution in [0.3, 0.4) is 0 Å². The summed E-state index contributed by atoms with van der Waals surface area (Å²) < 4.78 is 0. The number of hydrogen-bond acceptors (Lipinski definition) is 5. The van der Waals surface area contributed by atoms with E-state index in [1.807, 2.05) is 24.3 Å². The lowest BCUT2D eigenvalue weighted by Crippen LogP contribution is -2.44. The van der Waals surface area contributed by atoms with Crippen LogP contribution in [0.2, 0.25) is 0 Å². The fourth-order valence-corrected chi connectivity index (χ4v) is 3.36. The number of amides is 1. The van der Waals surface area contributed by atoms with Gasteiger partial charge in [-0.25, -0.2) is 0 Å². The van der Waals surface area contributed by atoms with Gasteiger partial charge in [0.25, 0.3) is 0 Å². The van der Waals surface area contributed by atoms with Crippen LogP contribution in [-0.4, -0.2) is 35.4 Å². The van der Waals surface area contributed by atoms with Crippen LogP contribution in [0.4, 0.5) is 5.69 Å². The van der Waals surface area contributed by atoms with Crippen molar-refractivity contribution in [2.45, 2.75) is 12.5 Å². The zero-order chi connectivity index (χ0) is 23.8. The molecule has 1 amide bonds. The third-order valence-corrected chi connectivity index (χ3v) is 5.00. The highest BCUT2D eigenvalue weighted by molar-refractivity contribution is 5.96. The summed E-state index contributed by atoms with van der Waals surface area (Å²) in [5.41, 5.74) is 9.54. The summed E-state index contributed by atoms with van der Waals surface area (Å²) in [6, 6.07) is 22.6. The van der Waals surface area contributed by atoms with Gasteiger partial charge in [0.2, 0.25) is 5.91 Å². The molecule has 3 rings (SSSR count). The summed E-state index contributed by atoms with van der Waals surface area (Å²) in [5, 5.41) is 31.5. The third kappa shape index (κ3) is 6.26. The molecule has 0 unspecified atom stereocenters. The Bertz CT molecular complexity index is 1220. The molecular weight excluding hydrogens is 418 g/mol. The molecule has 166 valence electrons. The van der Waals surface area contributed by atoms with Gasteiger partial charge in [0.15, 0.2) is 0 Å². The van der Waals surface area contributed by atoms with Crippen LogP contribution in [0.25, 0.3) is 11.1 Å². The van der Waals surface area contributed by atoms with Crippen molar-refractivity contribution in [3.63, 3.8) is 0 Å². The smallest absolute Gasteiger partial charge is 0.317 e. The number of nitrogens with one attached hydrogen (secondary N) is 3. The summed E-state index contributed by atoms with van der Waals surface area (Å²) in [6.07, 6.45) is 0.216. The molecule has 0 heterocycles. The van der Waals surface area contributed by atoms with Gasteiger partial charge in [0.1, 0.15) is 5.84 Å². The Balaban J connectivity index is 1.76. The maximum Gasteiger partial charge on any atom is 0.317 e. The first kappa shape index (κ1) is 23.2. The van der Waals surface area contributed by atoms with Gasteiger partial charge >= 0.3 is 5.97 Å². The summed E-state index contributed by atoms with van der Waals surface area (Å²) in [5.74, 6) is -1.56. The minimum absolute atomic E-state index is 0.0885. The van der Waals surface area contributed by atoms with E-state index < -0.39 is 17.9 Å². The predicted molar refractivity (Wildman–Crippen MR) is 126 cm³/mol. The molecule has 33 heavy (non-hydrogen) atoms. The molecule has 6 N–H and O–H groups in total. The van der Waals surface area contributed by atoms with Gasteiger partial charge in [-0.05, 0) is 47.4 Å². The van der Waals surface area contributed by atoms with E-state index >= 15 is 0 Å². The van der Waals surface area contributed by atoms with E-state index in [4.69, 9.17) is 16.2 Å². The second kappa shape index (κ2) is 10.7. The monoisotopic (exact) mass is 441 g/mol. The molecule has 0 fully saturated rings. The SMILES string of the molecule is N#Cc1ccccc1-c1ccc(NC(=O)[C@H](Cc2cccc(C(=N)N)c2)NCC(=O)O)cc1. The molecular formula is C25H23N5O3. The molecule has 0 radical (unpaired) electrons. The number of nitrogens with zero attached hydrogens (tertiary/aromatic N) is 1. The molecule has 0 spiro atoms. The van der Waals surface area contributed by atoms with Gasteiger partial charge in [-0.2, -0.15) is 5.26 Å². The van der Waals surface area contributed by atoms with Crippen LogP contribution < -0.4 is 16.4 Å². The van der Waals surface area contributed by atoms with E-state index in [1.165, 1.54) is 0 Å². The van der Waals surface area contributed by atoms with Crippen LogP contribution in [0.1, 0.15) is 16.7 Å². The molecule has 0 bridgehead atoms. The van der Waals surface area contributed by atoms with Crippen molar-refractivity contribution in [2.75, 3.05) is 11.9 Å². The molecule has 0 aliphatic rings. The number of carboxylic acid groups (broad SMARTS) is 1. The van der Waals surface area contributed by atoms with Crippen molar-refractivity contribution in [3.05, 3.63) is 89.5 Å². The number of anilines is 1. The number of benzene rings is 3. The Kier molecular flexibility index (Phi) is 7.52. The fourth-order valence-electron chi connectivity index (χ4n) is 3.36. The number of carboxylic acids is 1. The Morgan fingerprint density at radius 2 is 1.79 bits per heavy atom. The number of amidine groups is 1. The molecule has 0 aliphatic carbocycles. The largest absolute Gasteiger partial charge is 0.480 e. The highest BCUT2D eigenvalue weighted by atomic mass is 16.4. The van der Waals surface area contributed by atoms with E-state index in [1.54, 1.807) is 48.5 Å². The molecule has 8 heteroatoms. The molecule has 3 aromatic rings. The lowest BCUT2D eigenvalue weighted by molar-refractivity contribution is -0.136. The third-order valence-electron chi connectivity index (χ3n) is 5.00. The lowest BCUT2D eigenvalue weighted by Gasteiger charge is -2.18. The van der Waals surface area contributed by atoms with Crippen molar-refractivity contribution < 1.29 is 14.7 Å². The number of aliphatic carboxylic acids is 1. The van der Waals surface area contributed by atoms with E-state index in [-0.39, 0.29) is 18.8 Å². The average molecular weight is 441 g/mol. The maximum atomic E-state index is 12.9. The van der Waals surface area contributed by atoms with Crippen molar-refractivity contribution in [1.29, 1.82) is 10.7 Å². The van der Waals surface area contributed by atoms with Crippen LogP contribution >= 0.6 is 0 Å². The van der Waals surface area contributed by atoms with Crippen molar-refractivity contribution in [3.8, 4) is 17.2 Å². The minimum Gasteiger partial charge on any atom is -0.480 e. The zero-order valence-corrected chi connectivity index (χ0v) is 17.7. The Morgan fingerprint density at radius 1 is 1.06 bits per heavy atom. The number of nitrogens with two attached hydrogens (primary N) is 1. The maximum absolute atomic E-state index is 12.9. The van der Waals surface area contributed by atoms with Gasteiger partial charge in [0.05, 0.1) is 24.2 Å². The van der Waals surface area contributed by atoms with Crippen LogP contribution in [-0.2, 0) is 16.0 Å². The number of carbonyl (C=O) groups excluding carboxylic acids is 1. The summed E-state index contributed by atoms with van der Waals surface area (Å²) in [4.78, 5) is 24.0. The second-order valence-electron chi connectivity index (χ2n) is 7.37. The lowest BCUT2D eigenvalue weighted by atomic mass is 10.00. The summed E-state index contributed by atoms with van der Waals surface area (Å²) >= 11 is 0. The zero-order valence-electron chi connectivity index (χ0n) is 17.7. The van der Waals surface area contributed by atoms with E-state index in [0.717, 1.165) is 16.7 Å². The Labute approximate surface area is 191 Å². The topological polar surface area (TPSA) is 152 Å². The molecule has 1 atom stereocenters. The quantitative estimate of drug-likeness (QED) is 0.254. The first-order valence-corrected chi connectivity index (χ1v) is 10.2. The normalized spacial score (nSPS) is 11.2. The predicted octanol–water partition coefficient (Wildman–Crippen LogP) is 2.73. The van der Waals surface area contributed by atoms with Gasteiger partial charge < -0.3 is 16.2 Å². The molecule has 0 aromatic heterocycles. The second-order valence-corrected chi connectivity index (χ2v) is 7.37. The van der Waals surface area contributed by atoms with Crippen LogP contribution in [0, 0.1) is 16.7 Å². The van der Waals surface area contributed by atoms with Crippen LogP contribution in [0.15, 0.2) is 72.8 Å². The van der Waals surface area contributed by atoms with Crippen molar-refractivity contribution in [1.82, 2.24) is 5.32 Å². The average Bonchev–Trinajstić information content (AvgIpc) is 2.82. The summed E-state index contributed by atoms with van der Waals surface area (Å²) in [7, 11) is 0. The molecule has 3 aromatic carbocycles. The number of carbonyl (C=O) groups is 2. The highest BCUT2D eigenvalue weighted by Crippen LogP contribution is 2.24. The van der Waals surface area contributed by atoms with Crippen molar-refractivity contribution >= 4 is 23.4 Å². The van der Waals surface area contributed by atoms with E-state index in [0.29, 0.717) is 16.8 Å².